The van der Waals surface area contributed by atoms with Crippen molar-refractivity contribution in [2.24, 2.45) is 0 Å². The number of nitrogens with zero attached hydrogens (tertiary/aromatic N) is 1. The molecule has 1 atom stereocenters. The molecular formula is C14H17BrN2O3S. The van der Waals surface area contributed by atoms with Crippen LogP contribution in [0, 0.1) is 13.8 Å². The Kier molecular flexibility index (Phi) is 4.85. The quantitative estimate of drug-likeness (QED) is 0.871. The van der Waals surface area contributed by atoms with Crippen molar-refractivity contribution < 1.29 is 12.9 Å². The zero-order chi connectivity index (χ0) is 15.6. The largest absolute Gasteiger partial charge is 0.360 e. The lowest BCUT2D eigenvalue weighted by molar-refractivity contribution is 0.390. The molecule has 0 saturated carbocycles. The maximum atomic E-state index is 12.5. The summed E-state index contributed by atoms with van der Waals surface area (Å²) in [6.45, 7) is 5.14. The summed E-state index contributed by atoms with van der Waals surface area (Å²) in [7, 11) is -3.67. The third kappa shape index (κ3) is 3.53. The Hall–Kier alpha value is -1.18. The van der Waals surface area contributed by atoms with Crippen LogP contribution in [0.1, 0.15) is 36.4 Å². The van der Waals surface area contributed by atoms with Crippen molar-refractivity contribution in [3.05, 3.63) is 45.8 Å². The van der Waals surface area contributed by atoms with Gasteiger partial charge in [0.1, 0.15) is 10.6 Å². The molecule has 0 aliphatic heterocycles. The van der Waals surface area contributed by atoms with Crippen LogP contribution in [0.2, 0.25) is 0 Å². The molecule has 0 aliphatic rings. The van der Waals surface area contributed by atoms with Gasteiger partial charge in [-0.25, -0.2) is 13.1 Å². The van der Waals surface area contributed by atoms with Gasteiger partial charge in [0.05, 0.1) is 0 Å². The molecule has 0 amide bonds. The first kappa shape index (κ1) is 16.2. The minimum absolute atomic E-state index is 0.123. The third-order valence-corrected chi connectivity index (χ3v) is 5.46. The fourth-order valence-electron chi connectivity index (χ4n) is 2.19. The Bertz CT molecular complexity index is 704. The Labute approximate surface area is 132 Å². The molecule has 2 aromatic rings. The van der Waals surface area contributed by atoms with Gasteiger partial charge in [-0.3, -0.25) is 0 Å². The van der Waals surface area contributed by atoms with E-state index in [1.165, 1.54) is 0 Å². The second kappa shape index (κ2) is 6.29. The Morgan fingerprint density at radius 2 is 1.90 bits per heavy atom. The second-order valence-corrected chi connectivity index (χ2v) is 7.35. The Balaban J connectivity index is 2.32. The third-order valence-electron chi connectivity index (χ3n) is 3.21. The molecule has 0 spiro atoms. The fraction of sp³-hybridized carbons (Fsp3) is 0.357. The molecule has 0 bridgehead atoms. The minimum Gasteiger partial charge on any atom is -0.360 e. The van der Waals surface area contributed by atoms with Crippen molar-refractivity contribution in [2.45, 2.75) is 38.1 Å². The number of rotatable bonds is 5. The lowest BCUT2D eigenvalue weighted by Gasteiger charge is -2.17. The van der Waals surface area contributed by atoms with Gasteiger partial charge < -0.3 is 4.52 Å². The Morgan fingerprint density at radius 3 is 2.38 bits per heavy atom. The molecule has 1 aromatic carbocycles. The van der Waals surface area contributed by atoms with Gasteiger partial charge in [0.25, 0.3) is 0 Å². The van der Waals surface area contributed by atoms with E-state index in [2.05, 4.69) is 25.8 Å². The predicted molar refractivity (Wildman–Crippen MR) is 83.5 cm³/mol. The van der Waals surface area contributed by atoms with Crippen LogP contribution in [0.25, 0.3) is 0 Å². The number of aromatic nitrogens is 1. The smallest absolute Gasteiger partial charge is 0.246 e. The van der Waals surface area contributed by atoms with Gasteiger partial charge in [-0.2, -0.15) is 0 Å². The highest BCUT2D eigenvalue weighted by Gasteiger charge is 2.27. The van der Waals surface area contributed by atoms with E-state index in [4.69, 9.17) is 4.52 Å². The number of hydrogen-bond donors (Lipinski definition) is 1. The first-order chi connectivity index (χ1) is 9.85. The van der Waals surface area contributed by atoms with Crippen molar-refractivity contribution in [1.29, 1.82) is 0 Å². The highest BCUT2D eigenvalue weighted by atomic mass is 79.9. The molecule has 21 heavy (non-hydrogen) atoms. The lowest BCUT2D eigenvalue weighted by Crippen LogP contribution is -2.29. The highest BCUT2D eigenvalue weighted by molar-refractivity contribution is 9.10. The molecule has 1 N–H and O–H groups in total. The molecule has 7 heteroatoms. The molecule has 0 fully saturated rings. The monoisotopic (exact) mass is 372 g/mol. The van der Waals surface area contributed by atoms with E-state index in [1.807, 2.05) is 31.2 Å². The van der Waals surface area contributed by atoms with Crippen molar-refractivity contribution in [3.63, 3.8) is 0 Å². The number of hydrogen-bond acceptors (Lipinski definition) is 4. The van der Waals surface area contributed by atoms with Gasteiger partial charge in [0.15, 0.2) is 5.76 Å². The summed E-state index contributed by atoms with van der Waals surface area (Å²) in [5, 5.41) is 3.70. The Morgan fingerprint density at radius 1 is 1.29 bits per heavy atom. The summed E-state index contributed by atoms with van der Waals surface area (Å²) in [5.41, 5.74) is 1.28. The molecular weight excluding hydrogens is 356 g/mol. The van der Waals surface area contributed by atoms with E-state index >= 15 is 0 Å². The van der Waals surface area contributed by atoms with E-state index in [0.717, 1.165) is 10.0 Å². The normalized spacial score (nSPS) is 13.3. The zero-order valence-corrected chi connectivity index (χ0v) is 14.5. The summed E-state index contributed by atoms with van der Waals surface area (Å²) >= 11 is 3.37. The molecule has 1 heterocycles. The van der Waals surface area contributed by atoms with Gasteiger partial charge in [-0.15, -0.1) is 0 Å². The van der Waals surface area contributed by atoms with Gasteiger partial charge in [-0.05, 0) is 38.0 Å². The topological polar surface area (TPSA) is 72.2 Å². The molecule has 114 valence electrons. The first-order valence-corrected chi connectivity index (χ1v) is 8.83. The summed E-state index contributed by atoms with van der Waals surface area (Å²) < 4.78 is 33.7. The number of aryl methyl sites for hydroxylation is 2. The average Bonchev–Trinajstić information content (AvgIpc) is 2.77. The highest BCUT2D eigenvalue weighted by Crippen LogP contribution is 2.24. The van der Waals surface area contributed by atoms with E-state index < -0.39 is 10.0 Å². The molecule has 5 nitrogen and oxygen atoms in total. The average molecular weight is 373 g/mol. The van der Waals surface area contributed by atoms with Crippen LogP contribution < -0.4 is 4.72 Å². The van der Waals surface area contributed by atoms with E-state index in [0.29, 0.717) is 17.9 Å². The van der Waals surface area contributed by atoms with Crippen molar-refractivity contribution in [3.8, 4) is 0 Å². The van der Waals surface area contributed by atoms with E-state index in [1.54, 1.807) is 13.8 Å². The van der Waals surface area contributed by atoms with Crippen LogP contribution in [-0.2, 0) is 10.0 Å². The predicted octanol–water partition coefficient (Wildman–Crippen LogP) is 3.48. The van der Waals surface area contributed by atoms with Crippen LogP contribution in [0.5, 0.6) is 0 Å². The lowest BCUT2D eigenvalue weighted by atomic mass is 10.1. The molecule has 0 saturated heterocycles. The van der Waals surface area contributed by atoms with Gasteiger partial charge in [0, 0.05) is 10.5 Å². The summed E-state index contributed by atoms with van der Waals surface area (Å²) in [6.07, 6.45) is 0.643. The van der Waals surface area contributed by atoms with Crippen molar-refractivity contribution >= 4 is 26.0 Å². The summed E-state index contributed by atoms with van der Waals surface area (Å²) in [4.78, 5) is 0.123. The van der Waals surface area contributed by atoms with Gasteiger partial charge >= 0.3 is 0 Å². The summed E-state index contributed by atoms with van der Waals surface area (Å²) in [6, 6.07) is 7.28. The molecule has 1 aromatic heterocycles. The fourth-order valence-corrected chi connectivity index (χ4v) is 4.09. The number of sulfonamides is 1. The maximum absolute atomic E-state index is 12.5. The number of benzene rings is 1. The zero-order valence-electron chi connectivity index (χ0n) is 12.1. The van der Waals surface area contributed by atoms with Gasteiger partial charge in [-0.1, -0.05) is 40.1 Å². The molecule has 0 radical (unpaired) electrons. The second-order valence-electron chi connectivity index (χ2n) is 4.79. The van der Waals surface area contributed by atoms with Crippen molar-refractivity contribution in [2.75, 3.05) is 0 Å². The molecule has 0 unspecified atom stereocenters. The van der Waals surface area contributed by atoms with Crippen molar-refractivity contribution in [1.82, 2.24) is 9.88 Å². The number of halogens is 1. The van der Waals surface area contributed by atoms with Crippen LogP contribution >= 0.6 is 15.9 Å². The van der Waals surface area contributed by atoms with Crippen LogP contribution in [0.15, 0.2) is 38.2 Å². The molecule has 2 rings (SSSR count). The SMILES string of the molecule is CC[C@H](NS(=O)(=O)c1c(C)noc1C)c1ccc(Br)cc1. The maximum Gasteiger partial charge on any atom is 0.246 e. The van der Waals surface area contributed by atoms with E-state index in [9.17, 15) is 8.42 Å². The first-order valence-electron chi connectivity index (χ1n) is 6.55. The number of nitrogens with one attached hydrogen (secondary N) is 1. The van der Waals surface area contributed by atoms with Gasteiger partial charge in [0.2, 0.25) is 10.0 Å². The van der Waals surface area contributed by atoms with Crippen LogP contribution in [0.4, 0.5) is 0 Å². The summed E-state index contributed by atoms with van der Waals surface area (Å²) in [5.74, 6) is 0.297. The molecule has 0 aliphatic carbocycles. The standard InChI is InChI=1S/C14H17BrN2O3S/c1-4-13(11-5-7-12(15)8-6-11)17-21(18,19)14-9(2)16-20-10(14)3/h5-8,13,17H,4H2,1-3H3/t13-/m0/s1. The van der Waals surface area contributed by atoms with Crippen LogP contribution in [0.3, 0.4) is 0 Å². The minimum atomic E-state index is -3.67. The van der Waals surface area contributed by atoms with Crippen LogP contribution in [-0.4, -0.2) is 13.6 Å². The van der Waals surface area contributed by atoms with E-state index in [-0.39, 0.29) is 10.9 Å².